The van der Waals surface area contributed by atoms with E-state index in [-0.39, 0.29) is 13.0 Å². The molecule has 0 saturated heterocycles. The van der Waals surface area contributed by atoms with Crippen LogP contribution in [0.2, 0.25) is 0 Å². The lowest BCUT2D eigenvalue weighted by Gasteiger charge is -2.10. The third kappa shape index (κ3) is 4.55. The highest BCUT2D eigenvalue weighted by molar-refractivity contribution is 7.98. The number of aliphatic hydroxyl groups is 1. The fraction of sp³-hybridized carbons (Fsp3) is 0.364. The molecular formula is C11H15NO3S. The van der Waals surface area contributed by atoms with Crippen molar-refractivity contribution in [2.24, 2.45) is 0 Å². The first-order chi connectivity index (χ1) is 7.61. The molecule has 0 heterocycles. The summed E-state index contributed by atoms with van der Waals surface area (Å²) < 4.78 is 0. The normalized spacial score (nSPS) is 12.1. The van der Waals surface area contributed by atoms with Crippen molar-refractivity contribution >= 4 is 23.4 Å². The van der Waals surface area contributed by atoms with Crippen LogP contribution in [0.4, 0.5) is 5.69 Å². The molecule has 0 aliphatic rings. The van der Waals surface area contributed by atoms with E-state index in [9.17, 15) is 9.90 Å². The van der Waals surface area contributed by atoms with Crippen LogP contribution in [0.5, 0.6) is 0 Å². The van der Waals surface area contributed by atoms with Gasteiger partial charge in [-0.3, -0.25) is 4.79 Å². The van der Waals surface area contributed by atoms with E-state index in [1.54, 1.807) is 11.8 Å². The fourth-order valence-electron chi connectivity index (χ4n) is 1.22. The van der Waals surface area contributed by atoms with Gasteiger partial charge in [-0.2, -0.15) is 0 Å². The largest absolute Gasteiger partial charge is 0.481 e. The van der Waals surface area contributed by atoms with Crippen molar-refractivity contribution in [1.82, 2.24) is 0 Å². The van der Waals surface area contributed by atoms with Crippen LogP contribution in [-0.2, 0) is 4.79 Å². The second-order valence-corrected chi connectivity index (χ2v) is 4.24. The van der Waals surface area contributed by atoms with Gasteiger partial charge in [0.1, 0.15) is 0 Å². The lowest BCUT2D eigenvalue weighted by Crippen LogP contribution is -2.22. The first-order valence-electron chi connectivity index (χ1n) is 4.89. The Kier molecular flexibility index (Phi) is 5.14. The Bertz CT molecular complexity index is 340. The summed E-state index contributed by atoms with van der Waals surface area (Å²) in [6.45, 7) is 0.241. The average molecular weight is 241 g/mol. The Labute approximate surface area is 98.7 Å². The molecule has 3 N–H and O–H groups in total. The van der Waals surface area contributed by atoms with Gasteiger partial charge in [0, 0.05) is 17.1 Å². The highest BCUT2D eigenvalue weighted by atomic mass is 32.2. The average Bonchev–Trinajstić information content (AvgIpc) is 2.26. The van der Waals surface area contributed by atoms with Crippen molar-refractivity contribution in [2.45, 2.75) is 17.4 Å². The zero-order chi connectivity index (χ0) is 12.0. The minimum absolute atomic E-state index is 0.240. The van der Waals surface area contributed by atoms with Crippen LogP contribution in [-0.4, -0.2) is 35.1 Å². The van der Waals surface area contributed by atoms with Gasteiger partial charge in [-0.05, 0) is 30.5 Å². The predicted octanol–water partition coefficient (Wildman–Crippen LogP) is 1.66. The molecule has 1 aromatic carbocycles. The van der Waals surface area contributed by atoms with Crippen LogP contribution in [0.3, 0.4) is 0 Å². The molecule has 1 aromatic rings. The van der Waals surface area contributed by atoms with E-state index < -0.39 is 12.1 Å². The van der Waals surface area contributed by atoms with Crippen molar-refractivity contribution in [3.63, 3.8) is 0 Å². The molecule has 0 amide bonds. The number of aliphatic carboxylic acids is 1. The topological polar surface area (TPSA) is 69.6 Å². The second kappa shape index (κ2) is 6.40. The summed E-state index contributed by atoms with van der Waals surface area (Å²) >= 11 is 1.66. The minimum atomic E-state index is -0.993. The van der Waals surface area contributed by atoms with Crippen molar-refractivity contribution in [3.8, 4) is 0 Å². The smallest absolute Gasteiger partial charge is 0.306 e. The first kappa shape index (κ1) is 12.9. The van der Waals surface area contributed by atoms with Crippen molar-refractivity contribution in [1.29, 1.82) is 0 Å². The number of anilines is 1. The van der Waals surface area contributed by atoms with Crippen LogP contribution in [0.25, 0.3) is 0 Å². The summed E-state index contributed by atoms with van der Waals surface area (Å²) in [6, 6.07) is 7.74. The van der Waals surface area contributed by atoms with Gasteiger partial charge in [0.05, 0.1) is 12.5 Å². The second-order valence-electron chi connectivity index (χ2n) is 3.36. The number of aliphatic hydroxyl groups excluding tert-OH is 1. The predicted molar refractivity (Wildman–Crippen MR) is 65.0 cm³/mol. The monoisotopic (exact) mass is 241 g/mol. The summed E-state index contributed by atoms with van der Waals surface area (Å²) in [7, 11) is 0. The number of hydrogen-bond acceptors (Lipinski definition) is 4. The molecule has 0 saturated carbocycles. The van der Waals surface area contributed by atoms with Gasteiger partial charge in [-0.25, -0.2) is 0 Å². The standard InChI is InChI=1S/C11H15NO3S/c1-16-10-4-2-8(3-5-10)12-7-9(13)6-11(14)15/h2-5,9,12-13H,6-7H2,1H3,(H,14,15). The zero-order valence-electron chi connectivity index (χ0n) is 9.01. The molecule has 5 heteroatoms. The molecule has 0 bridgehead atoms. The van der Waals surface area contributed by atoms with E-state index in [1.165, 1.54) is 0 Å². The Balaban J connectivity index is 2.39. The van der Waals surface area contributed by atoms with Gasteiger partial charge in [0.15, 0.2) is 0 Å². The van der Waals surface area contributed by atoms with Gasteiger partial charge in [-0.15, -0.1) is 11.8 Å². The summed E-state index contributed by atoms with van der Waals surface area (Å²) in [4.78, 5) is 11.5. The maximum absolute atomic E-state index is 10.3. The molecule has 0 aliphatic heterocycles. The van der Waals surface area contributed by atoms with Crippen LogP contribution in [0, 0.1) is 0 Å². The number of carbonyl (C=O) groups is 1. The van der Waals surface area contributed by atoms with Gasteiger partial charge in [-0.1, -0.05) is 0 Å². The molecule has 0 spiro atoms. The highest BCUT2D eigenvalue weighted by Crippen LogP contribution is 2.17. The van der Waals surface area contributed by atoms with E-state index in [4.69, 9.17) is 5.11 Å². The lowest BCUT2D eigenvalue weighted by molar-refractivity contribution is -0.138. The van der Waals surface area contributed by atoms with Gasteiger partial charge in [0.25, 0.3) is 0 Å². The number of nitrogens with one attached hydrogen (secondary N) is 1. The molecule has 1 atom stereocenters. The molecule has 1 rings (SSSR count). The molecule has 0 aromatic heterocycles. The third-order valence-electron chi connectivity index (χ3n) is 2.04. The van der Waals surface area contributed by atoms with E-state index in [1.807, 2.05) is 30.5 Å². The first-order valence-corrected chi connectivity index (χ1v) is 6.12. The molecular weight excluding hydrogens is 226 g/mol. The van der Waals surface area contributed by atoms with E-state index >= 15 is 0 Å². The summed E-state index contributed by atoms with van der Waals surface area (Å²) in [5.41, 5.74) is 0.877. The number of thioether (sulfide) groups is 1. The van der Waals surface area contributed by atoms with Crippen LogP contribution in [0.15, 0.2) is 29.2 Å². The summed E-state index contributed by atoms with van der Waals surface area (Å²) in [5, 5.41) is 20.8. The fourth-order valence-corrected chi connectivity index (χ4v) is 1.63. The van der Waals surface area contributed by atoms with Gasteiger partial charge in [0.2, 0.25) is 0 Å². The zero-order valence-corrected chi connectivity index (χ0v) is 9.83. The minimum Gasteiger partial charge on any atom is -0.481 e. The van der Waals surface area contributed by atoms with Crippen LogP contribution in [0.1, 0.15) is 6.42 Å². The molecule has 16 heavy (non-hydrogen) atoms. The Morgan fingerprint density at radius 1 is 1.44 bits per heavy atom. The maximum atomic E-state index is 10.3. The molecule has 0 radical (unpaired) electrons. The molecule has 1 unspecified atom stereocenters. The maximum Gasteiger partial charge on any atom is 0.306 e. The molecule has 0 fully saturated rings. The summed E-state index contributed by atoms with van der Waals surface area (Å²) in [5.74, 6) is -0.993. The van der Waals surface area contributed by atoms with Crippen molar-refractivity contribution in [2.75, 3.05) is 18.1 Å². The Hall–Kier alpha value is -1.20. The number of hydrogen-bond donors (Lipinski definition) is 3. The highest BCUT2D eigenvalue weighted by Gasteiger charge is 2.08. The van der Waals surface area contributed by atoms with E-state index in [2.05, 4.69) is 5.32 Å². The Morgan fingerprint density at radius 3 is 2.56 bits per heavy atom. The van der Waals surface area contributed by atoms with Crippen molar-refractivity contribution in [3.05, 3.63) is 24.3 Å². The lowest BCUT2D eigenvalue weighted by atomic mass is 10.2. The number of carboxylic acids is 1. The number of carboxylic acid groups (broad SMARTS) is 1. The number of rotatable bonds is 6. The number of benzene rings is 1. The van der Waals surface area contributed by atoms with Crippen LogP contribution < -0.4 is 5.32 Å². The van der Waals surface area contributed by atoms with Crippen LogP contribution >= 0.6 is 11.8 Å². The molecule has 88 valence electrons. The van der Waals surface area contributed by atoms with Gasteiger partial charge >= 0.3 is 5.97 Å². The Morgan fingerprint density at radius 2 is 2.06 bits per heavy atom. The van der Waals surface area contributed by atoms with E-state index in [0.717, 1.165) is 10.6 Å². The third-order valence-corrected chi connectivity index (χ3v) is 2.79. The quantitative estimate of drug-likeness (QED) is 0.661. The molecule has 4 nitrogen and oxygen atoms in total. The SMILES string of the molecule is CSc1ccc(NCC(O)CC(=O)O)cc1. The summed E-state index contributed by atoms with van der Waals surface area (Å²) in [6.07, 6.45) is 0.896. The van der Waals surface area contributed by atoms with Crippen molar-refractivity contribution < 1.29 is 15.0 Å². The molecule has 0 aliphatic carbocycles. The van der Waals surface area contributed by atoms with Gasteiger partial charge < -0.3 is 15.5 Å². The van der Waals surface area contributed by atoms with E-state index in [0.29, 0.717) is 0 Å².